The first kappa shape index (κ1) is 20.2. The molecule has 0 heterocycles. The van der Waals surface area contributed by atoms with Gasteiger partial charge in [-0.25, -0.2) is 13.1 Å². The fourth-order valence-electron chi connectivity index (χ4n) is 2.08. The van der Waals surface area contributed by atoms with E-state index < -0.39 is 10.0 Å². The number of carbonyl (C=O) groups is 1. The first-order valence-electron chi connectivity index (χ1n) is 8.15. The summed E-state index contributed by atoms with van der Waals surface area (Å²) in [5, 5.41) is 2.86. The minimum Gasteiger partial charge on any atom is -0.482 e. The molecule has 0 aliphatic carbocycles. The third kappa shape index (κ3) is 6.01. The van der Waals surface area contributed by atoms with Crippen LogP contribution in [0, 0.1) is 0 Å². The maximum absolute atomic E-state index is 12.1. The van der Waals surface area contributed by atoms with E-state index >= 15 is 0 Å². The Hall–Kier alpha value is -2.09. The molecule has 8 heteroatoms. The molecular weight excluding hydrogens is 376 g/mol. The van der Waals surface area contributed by atoms with Crippen molar-refractivity contribution in [2.45, 2.75) is 24.8 Å². The predicted molar refractivity (Wildman–Crippen MR) is 101 cm³/mol. The molecule has 0 aliphatic heterocycles. The topological polar surface area (TPSA) is 84.5 Å². The summed E-state index contributed by atoms with van der Waals surface area (Å²) in [4.78, 5) is 11.9. The van der Waals surface area contributed by atoms with Crippen LogP contribution in [-0.4, -0.2) is 27.5 Å². The fourth-order valence-corrected chi connectivity index (χ4v) is 3.54. The van der Waals surface area contributed by atoms with Crippen LogP contribution in [0.2, 0.25) is 5.02 Å². The number of nitrogens with one attached hydrogen (secondary N) is 2. The summed E-state index contributed by atoms with van der Waals surface area (Å²) >= 11 is 6.08. The van der Waals surface area contributed by atoms with E-state index in [1.807, 2.05) is 37.3 Å². The van der Waals surface area contributed by atoms with Gasteiger partial charge in [-0.05, 0) is 30.2 Å². The van der Waals surface area contributed by atoms with E-state index in [-0.39, 0.29) is 28.2 Å². The third-order valence-electron chi connectivity index (χ3n) is 3.45. The first-order chi connectivity index (χ1) is 12.4. The molecule has 26 heavy (non-hydrogen) atoms. The standard InChI is InChI=1S/C18H21ClN2O4S/c1-2-10-21-26(23,24)15-8-9-17(16(19)11-15)25-13-18(22)20-12-14-6-4-3-5-7-14/h3-9,11,21H,2,10,12-13H2,1H3,(H,20,22). The largest absolute Gasteiger partial charge is 0.482 e. The quantitative estimate of drug-likeness (QED) is 0.682. The monoisotopic (exact) mass is 396 g/mol. The van der Waals surface area contributed by atoms with Gasteiger partial charge in [-0.2, -0.15) is 0 Å². The molecule has 0 spiro atoms. The molecule has 1 amide bonds. The summed E-state index contributed by atoms with van der Waals surface area (Å²) in [6, 6.07) is 13.6. The van der Waals surface area contributed by atoms with Gasteiger partial charge in [0.1, 0.15) is 5.75 Å². The summed E-state index contributed by atoms with van der Waals surface area (Å²) in [5.74, 6) is -0.0535. The second-order valence-electron chi connectivity index (χ2n) is 5.54. The number of halogens is 1. The van der Waals surface area contributed by atoms with E-state index in [1.165, 1.54) is 18.2 Å². The number of amides is 1. The Morgan fingerprint density at radius 2 is 1.88 bits per heavy atom. The molecule has 0 aliphatic rings. The Kier molecular flexibility index (Phi) is 7.44. The van der Waals surface area contributed by atoms with Crippen LogP contribution < -0.4 is 14.8 Å². The van der Waals surface area contributed by atoms with Gasteiger partial charge in [-0.3, -0.25) is 4.79 Å². The molecule has 0 unspecified atom stereocenters. The SMILES string of the molecule is CCCNS(=O)(=O)c1ccc(OCC(=O)NCc2ccccc2)c(Cl)c1. The van der Waals surface area contributed by atoms with Gasteiger partial charge in [0, 0.05) is 13.1 Å². The number of rotatable bonds is 9. The molecular formula is C18H21ClN2O4S. The lowest BCUT2D eigenvalue weighted by Gasteiger charge is -2.11. The lowest BCUT2D eigenvalue weighted by atomic mass is 10.2. The van der Waals surface area contributed by atoms with Crippen molar-refractivity contribution in [3.63, 3.8) is 0 Å². The van der Waals surface area contributed by atoms with Crippen molar-refractivity contribution in [2.24, 2.45) is 0 Å². The van der Waals surface area contributed by atoms with Gasteiger partial charge in [0.25, 0.3) is 5.91 Å². The second-order valence-corrected chi connectivity index (χ2v) is 7.72. The molecule has 2 rings (SSSR count). The van der Waals surface area contributed by atoms with E-state index in [9.17, 15) is 13.2 Å². The van der Waals surface area contributed by atoms with Gasteiger partial charge >= 0.3 is 0 Å². The molecule has 140 valence electrons. The summed E-state index contributed by atoms with van der Waals surface area (Å²) < 4.78 is 32.0. The molecule has 0 atom stereocenters. The van der Waals surface area contributed by atoms with E-state index in [4.69, 9.17) is 16.3 Å². The zero-order chi connectivity index (χ0) is 19.0. The van der Waals surface area contributed by atoms with Crippen LogP contribution in [0.15, 0.2) is 53.4 Å². The van der Waals surface area contributed by atoms with Crippen LogP contribution in [0.5, 0.6) is 5.75 Å². The average Bonchev–Trinajstić information content (AvgIpc) is 2.64. The number of ether oxygens (including phenoxy) is 1. The van der Waals surface area contributed by atoms with Crippen molar-refractivity contribution in [1.82, 2.24) is 10.0 Å². The van der Waals surface area contributed by atoms with Crippen LogP contribution in [0.1, 0.15) is 18.9 Å². The highest BCUT2D eigenvalue weighted by Gasteiger charge is 2.15. The van der Waals surface area contributed by atoms with Gasteiger partial charge < -0.3 is 10.1 Å². The van der Waals surface area contributed by atoms with Crippen molar-refractivity contribution in [3.8, 4) is 5.75 Å². The van der Waals surface area contributed by atoms with Crippen LogP contribution in [-0.2, 0) is 21.4 Å². The van der Waals surface area contributed by atoms with Gasteiger partial charge in [-0.1, -0.05) is 48.9 Å². The lowest BCUT2D eigenvalue weighted by molar-refractivity contribution is -0.123. The van der Waals surface area contributed by atoms with E-state index in [0.29, 0.717) is 19.5 Å². The Balaban J connectivity index is 1.90. The van der Waals surface area contributed by atoms with Crippen LogP contribution in [0.4, 0.5) is 0 Å². The molecule has 0 fully saturated rings. The molecule has 0 radical (unpaired) electrons. The van der Waals surface area contributed by atoms with Crippen LogP contribution >= 0.6 is 11.6 Å². The van der Waals surface area contributed by atoms with Crippen molar-refractivity contribution >= 4 is 27.5 Å². The highest BCUT2D eigenvalue weighted by molar-refractivity contribution is 7.89. The Morgan fingerprint density at radius 1 is 1.15 bits per heavy atom. The Labute approximate surface area is 158 Å². The molecule has 2 aromatic carbocycles. The van der Waals surface area contributed by atoms with Crippen LogP contribution in [0.25, 0.3) is 0 Å². The molecule has 2 N–H and O–H groups in total. The van der Waals surface area contributed by atoms with Crippen molar-refractivity contribution in [1.29, 1.82) is 0 Å². The summed E-state index contributed by atoms with van der Waals surface area (Å²) in [7, 11) is -3.60. The van der Waals surface area contributed by atoms with Gasteiger partial charge in [0.05, 0.1) is 9.92 Å². The third-order valence-corrected chi connectivity index (χ3v) is 5.20. The Bertz CT molecular complexity index is 842. The molecule has 0 bridgehead atoms. The van der Waals surface area contributed by atoms with Crippen LogP contribution in [0.3, 0.4) is 0 Å². The second kappa shape index (κ2) is 9.56. The Morgan fingerprint density at radius 3 is 2.54 bits per heavy atom. The average molecular weight is 397 g/mol. The zero-order valence-electron chi connectivity index (χ0n) is 14.4. The highest BCUT2D eigenvalue weighted by Crippen LogP contribution is 2.27. The van der Waals surface area contributed by atoms with E-state index in [0.717, 1.165) is 5.56 Å². The smallest absolute Gasteiger partial charge is 0.258 e. The minimum absolute atomic E-state index is 0.0526. The molecule has 6 nitrogen and oxygen atoms in total. The first-order valence-corrected chi connectivity index (χ1v) is 10.0. The minimum atomic E-state index is -3.60. The van der Waals surface area contributed by atoms with Crippen molar-refractivity contribution in [2.75, 3.05) is 13.2 Å². The van der Waals surface area contributed by atoms with Crippen molar-refractivity contribution < 1.29 is 17.9 Å². The molecule has 2 aromatic rings. The number of hydrogen-bond donors (Lipinski definition) is 2. The number of benzene rings is 2. The fraction of sp³-hybridized carbons (Fsp3) is 0.278. The maximum atomic E-state index is 12.1. The number of sulfonamides is 1. The van der Waals surface area contributed by atoms with Gasteiger partial charge in [0.2, 0.25) is 10.0 Å². The predicted octanol–water partition coefficient (Wildman–Crippen LogP) is 2.72. The summed E-state index contributed by atoms with van der Waals surface area (Å²) in [6.45, 7) is 2.40. The van der Waals surface area contributed by atoms with E-state index in [2.05, 4.69) is 10.0 Å². The lowest BCUT2D eigenvalue weighted by Crippen LogP contribution is -2.28. The normalized spacial score (nSPS) is 11.2. The molecule has 0 saturated heterocycles. The summed E-state index contributed by atoms with van der Waals surface area (Å²) in [5.41, 5.74) is 0.980. The summed E-state index contributed by atoms with van der Waals surface area (Å²) in [6.07, 6.45) is 0.687. The molecule has 0 aromatic heterocycles. The molecule has 0 saturated carbocycles. The van der Waals surface area contributed by atoms with Crippen molar-refractivity contribution in [3.05, 3.63) is 59.1 Å². The van der Waals surface area contributed by atoms with E-state index in [1.54, 1.807) is 0 Å². The van der Waals surface area contributed by atoms with Gasteiger partial charge in [-0.15, -0.1) is 0 Å². The highest BCUT2D eigenvalue weighted by atomic mass is 35.5. The maximum Gasteiger partial charge on any atom is 0.258 e. The number of carbonyl (C=O) groups excluding carboxylic acids is 1. The van der Waals surface area contributed by atoms with Gasteiger partial charge in [0.15, 0.2) is 6.61 Å². The number of hydrogen-bond acceptors (Lipinski definition) is 4. The zero-order valence-corrected chi connectivity index (χ0v) is 15.9.